The lowest BCUT2D eigenvalue weighted by Gasteiger charge is -2.30. The molecular formula is C13H26N2O3. The zero-order chi connectivity index (χ0) is 12.8. The number of rotatable bonds is 6. The second-order valence-electron chi connectivity index (χ2n) is 5.52. The third-order valence-corrected chi connectivity index (χ3v) is 3.69. The average Bonchev–Trinajstić information content (AvgIpc) is 2.82. The van der Waals surface area contributed by atoms with Gasteiger partial charge < -0.3 is 19.5 Å². The van der Waals surface area contributed by atoms with Crippen molar-refractivity contribution in [3.63, 3.8) is 0 Å². The van der Waals surface area contributed by atoms with Crippen LogP contribution in [0.2, 0.25) is 0 Å². The van der Waals surface area contributed by atoms with Gasteiger partial charge >= 0.3 is 0 Å². The first-order valence-electron chi connectivity index (χ1n) is 6.98. The molecule has 0 aromatic heterocycles. The van der Waals surface area contributed by atoms with Crippen LogP contribution in [0, 0.1) is 5.92 Å². The number of β-amino-alcohol motifs (C(OH)–C–C–N with tert-alkyl or cyclic N) is 1. The lowest BCUT2D eigenvalue weighted by molar-refractivity contribution is 0.00776. The van der Waals surface area contributed by atoms with Gasteiger partial charge in [0.1, 0.15) is 0 Å². The summed E-state index contributed by atoms with van der Waals surface area (Å²) in [5.41, 5.74) is 0. The lowest BCUT2D eigenvalue weighted by Crippen LogP contribution is -2.44. The Bertz CT molecular complexity index is 228. The molecule has 5 heteroatoms. The van der Waals surface area contributed by atoms with Crippen LogP contribution in [0.15, 0.2) is 0 Å². The predicted molar refractivity (Wildman–Crippen MR) is 69.7 cm³/mol. The first kappa shape index (κ1) is 14.2. The van der Waals surface area contributed by atoms with Gasteiger partial charge in [-0.1, -0.05) is 0 Å². The Labute approximate surface area is 110 Å². The van der Waals surface area contributed by atoms with E-state index in [9.17, 15) is 5.11 Å². The summed E-state index contributed by atoms with van der Waals surface area (Å²) >= 11 is 0. The van der Waals surface area contributed by atoms with Crippen LogP contribution in [0.3, 0.4) is 0 Å². The highest BCUT2D eigenvalue weighted by Gasteiger charge is 2.20. The molecule has 18 heavy (non-hydrogen) atoms. The van der Waals surface area contributed by atoms with Gasteiger partial charge in [-0.2, -0.15) is 0 Å². The van der Waals surface area contributed by atoms with Crippen molar-refractivity contribution >= 4 is 0 Å². The van der Waals surface area contributed by atoms with E-state index in [0.717, 1.165) is 65.6 Å². The molecule has 0 amide bonds. The lowest BCUT2D eigenvalue weighted by atomic mass is 10.1. The number of ether oxygens (including phenoxy) is 2. The highest BCUT2D eigenvalue weighted by atomic mass is 16.5. The van der Waals surface area contributed by atoms with Gasteiger partial charge in [0.2, 0.25) is 0 Å². The Hall–Kier alpha value is -0.200. The number of hydrogen-bond donors (Lipinski definition) is 1. The summed E-state index contributed by atoms with van der Waals surface area (Å²) in [4.78, 5) is 4.51. The molecule has 0 spiro atoms. The average molecular weight is 258 g/mol. The fourth-order valence-electron chi connectivity index (χ4n) is 2.74. The quantitative estimate of drug-likeness (QED) is 0.705. The zero-order valence-electron chi connectivity index (χ0n) is 11.4. The minimum atomic E-state index is -0.268. The summed E-state index contributed by atoms with van der Waals surface area (Å²) in [6.07, 6.45) is 0.889. The molecule has 2 heterocycles. The van der Waals surface area contributed by atoms with E-state index in [2.05, 4.69) is 16.8 Å². The van der Waals surface area contributed by atoms with E-state index in [1.54, 1.807) is 0 Å². The van der Waals surface area contributed by atoms with Gasteiger partial charge in [-0.25, -0.2) is 0 Å². The fourth-order valence-corrected chi connectivity index (χ4v) is 2.74. The van der Waals surface area contributed by atoms with Crippen molar-refractivity contribution in [2.24, 2.45) is 5.92 Å². The van der Waals surface area contributed by atoms with Gasteiger partial charge in [0.05, 0.1) is 25.9 Å². The van der Waals surface area contributed by atoms with Crippen LogP contribution >= 0.6 is 0 Å². The number of hydrogen-bond acceptors (Lipinski definition) is 5. The summed E-state index contributed by atoms with van der Waals surface area (Å²) in [5, 5.41) is 10.1. The molecule has 0 radical (unpaired) electrons. The second-order valence-corrected chi connectivity index (χ2v) is 5.52. The molecule has 5 nitrogen and oxygen atoms in total. The highest BCUT2D eigenvalue weighted by molar-refractivity contribution is 4.73. The number of morpholine rings is 1. The van der Waals surface area contributed by atoms with E-state index in [0.29, 0.717) is 5.92 Å². The molecule has 2 unspecified atom stereocenters. The van der Waals surface area contributed by atoms with E-state index in [4.69, 9.17) is 9.47 Å². The maximum absolute atomic E-state index is 10.1. The monoisotopic (exact) mass is 258 g/mol. The minimum Gasteiger partial charge on any atom is -0.390 e. The molecule has 0 aliphatic carbocycles. The van der Waals surface area contributed by atoms with Crippen molar-refractivity contribution in [2.45, 2.75) is 12.5 Å². The Kier molecular flexibility index (Phi) is 5.85. The molecular weight excluding hydrogens is 232 g/mol. The van der Waals surface area contributed by atoms with Crippen molar-refractivity contribution < 1.29 is 14.6 Å². The van der Waals surface area contributed by atoms with E-state index in [1.165, 1.54) is 0 Å². The van der Waals surface area contributed by atoms with Crippen LogP contribution in [0.25, 0.3) is 0 Å². The van der Waals surface area contributed by atoms with Gasteiger partial charge in [-0.15, -0.1) is 0 Å². The van der Waals surface area contributed by atoms with Crippen molar-refractivity contribution in [3.8, 4) is 0 Å². The minimum absolute atomic E-state index is 0.268. The molecule has 0 saturated carbocycles. The van der Waals surface area contributed by atoms with Crippen molar-refractivity contribution in [1.29, 1.82) is 0 Å². The first-order chi connectivity index (χ1) is 8.74. The van der Waals surface area contributed by atoms with Gasteiger partial charge in [-0.3, -0.25) is 4.90 Å². The molecule has 0 bridgehead atoms. The smallest absolute Gasteiger partial charge is 0.0793 e. The third-order valence-electron chi connectivity index (χ3n) is 3.69. The molecule has 2 aliphatic rings. The van der Waals surface area contributed by atoms with Gasteiger partial charge in [0.15, 0.2) is 0 Å². The number of nitrogens with zero attached hydrogens (tertiary/aromatic N) is 2. The summed E-state index contributed by atoms with van der Waals surface area (Å²) in [5.74, 6) is 0.644. The molecule has 2 atom stereocenters. The Morgan fingerprint density at radius 3 is 2.72 bits per heavy atom. The Morgan fingerprint density at radius 1 is 1.28 bits per heavy atom. The number of aliphatic hydroxyl groups excluding tert-OH is 1. The van der Waals surface area contributed by atoms with Crippen molar-refractivity contribution in [2.75, 3.05) is 66.2 Å². The van der Waals surface area contributed by atoms with E-state index in [1.807, 2.05) is 0 Å². The summed E-state index contributed by atoms with van der Waals surface area (Å²) in [7, 11) is 2.08. The molecule has 0 aromatic carbocycles. The van der Waals surface area contributed by atoms with E-state index in [-0.39, 0.29) is 6.10 Å². The van der Waals surface area contributed by atoms with Crippen molar-refractivity contribution in [1.82, 2.24) is 9.80 Å². The van der Waals surface area contributed by atoms with Crippen molar-refractivity contribution in [3.05, 3.63) is 0 Å². The van der Waals surface area contributed by atoms with Crippen LogP contribution < -0.4 is 0 Å². The van der Waals surface area contributed by atoms with Gasteiger partial charge in [0.25, 0.3) is 0 Å². The maximum Gasteiger partial charge on any atom is 0.0793 e. The van der Waals surface area contributed by atoms with Gasteiger partial charge in [0, 0.05) is 39.3 Å². The number of likely N-dealkylation sites (N-methyl/N-ethyl adjacent to an activating group) is 1. The van der Waals surface area contributed by atoms with Crippen LogP contribution in [0.5, 0.6) is 0 Å². The molecule has 2 saturated heterocycles. The van der Waals surface area contributed by atoms with Crippen LogP contribution in [-0.2, 0) is 9.47 Å². The summed E-state index contributed by atoms with van der Waals surface area (Å²) in [6, 6.07) is 0. The normalized spacial score (nSPS) is 27.8. The molecule has 2 aliphatic heterocycles. The first-order valence-corrected chi connectivity index (χ1v) is 6.98. The zero-order valence-corrected chi connectivity index (χ0v) is 11.4. The van der Waals surface area contributed by atoms with E-state index < -0.39 is 0 Å². The molecule has 0 aromatic rings. The number of aliphatic hydroxyl groups is 1. The highest BCUT2D eigenvalue weighted by Crippen LogP contribution is 2.13. The molecule has 2 fully saturated rings. The Morgan fingerprint density at radius 2 is 2.06 bits per heavy atom. The second kappa shape index (κ2) is 7.40. The standard InChI is InChI=1S/C13H26N2O3/c1-14(8-12-2-5-18-11-12)9-13(16)10-15-3-6-17-7-4-15/h12-13,16H,2-11H2,1H3. The molecule has 1 N–H and O–H groups in total. The predicted octanol–water partition coefficient (Wildman–Crippen LogP) is -0.352. The Balaban J connectivity index is 1.61. The van der Waals surface area contributed by atoms with Crippen LogP contribution in [0.4, 0.5) is 0 Å². The summed E-state index contributed by atoms with van der Waals surface area (Å²) < 4.78 is 10.7. The van der Waals surface area contributed by atoms with Crippen LogP contribution in [0.1, 0.15) is 6.42 Å². The largest absolute Gasteiger partial charge is 0.390 e. The SMILES string of the molecule is CN(CC(O)CN1CCOCC1)CC1CCOC1. The maximum atomic E-state index is 10.1. The fraction of sp³-hybridized carbons (Fsp3) is 1.00. The molecule has 2 rings (SSSR count). The molecule has 106 valence electrons. The van der Waals surface area contributed by atoms with E-state index >= 15 is 0 Å². The third kappa shape index (κ3) is 4.82. The summed E-state index contributed by atoms with van der Waals surface area (Å²) in [6.45, 7) is 7.78. The van der Waals surface area contributed by atoms with Gasteiger partial charge in [-0.05, 0) is 19.4 Å². The van der Waals surface area contributed by atoms with Crippen LogP contribution in [-0.4, -0.2) is 87.2 Å². The topological polar surface area (TPSA) is 45.2 Å².